The molecule has 150 valence electrons. The fourth-order valence-electron chi connectivity index (χ4n) is 3.51. The van der Waals surface area contributed by atoms with Crippen molar-refractivity contribution in [3.05, 3.63) is 46.9 Å². The fraction of sp³-hybridized carbons (Fsp3) is 0.400. The highest BCUT2D eigenvalue weighted by molar-refractivity contribution is 5.92. The summed E-state index contributed by atoms with van der Waals surface area (Å²) in [6.07, 6.45) is 0.350. The van der Waals surface area contributed by atoms with Crippen LogP contribution in [0.5, 0.6) is 11.5 Å². The van der Waals surface area contributed by atoms with E-state index in [9.17, 15) is 14.7 Å². The number of hydrogen-bond donors (Lipinski definition) is 1. The molecule has 1 aliphatic rings. The van der Waals surface area contributed by atoms with Crippen LogP contribution in [0.15, 0.2) is 28.7 Å². The molecule has 8 heteroatoms. The number of fused-ring (bicyclic) bond motifs is 1. The molecule has 0 fully saturated rings. The summed E-state index contributed by atoms with van der Waals surface area (Å²) in [5.41, 5.74) is 1.68. The zero-order valence-corrected chi connectivity index (χ0v) is 16.1. The molecule has 1 amide bonds. The van der Waals surface area contributed by atoms with E-state index in [0.29, 0.717) is 30.2 Å². The van der Waals surface area contributed by atoms with Crippen molar-refractivity contribution in [2.75, 3.05) is 27.9 Å². The predicted octanol–water partition coefficient (Wildman–Crippen LogP) is 2.66. The summed E-state index contributed by atoms with van der Waals surface area (Å²) in [4.78, 5) is 26.1. The number of ether oxygens (including phenoxy) is 3. The topological polar surface area (TPSA) is 98.4 Å². The van der Waals surface area contributed by atoms with Crippen molar-refractivity contribution in [1.29, 1.82) is 0 Å². The summed E-state index contributed by atoms with van der Waals surface area (Å²) in [6, 6.07) is 6.21. The van der Waals surface area contributed by atoms with Crippen molar-refractivity contribution in [1.82, 2.24) is 4.90 Å². The van der Waals surface area contributed by atoms with Crippen LogP contribution in [0.25, 0.3) is 0 Å². The third kappa shape index (κ3) is 3.82. The minimum atomic E-state index is -0.995. The summed E-state index contributed by atoms with van der Waals surface area (Å²) in [5, 5.41) is 9.43. The van der Waals surface area contributed by atoms with E-state index >= 15 is 0 Å². The molecule has 1 N–H and O–H groups in total. The SMILES string of the molecule is COCc1ccc(C(=O)N2CCc3cc(OC)c(OC)cc3[C@H]2CC(=O)O)o1. The summed E-state index contributed by atoms with van der Waals surface area (Å²) < 4.78 is 21.3. The second-order valence-electron chi connectivity index (χ2n) is 6.47. The van der Waals surface area contributed by atoms with E-state index in [4.69, 9.17) is 18.6 Å². The molecule has 1 atom stereocenters. The number of carbonyl (C=O) groups is 2. The Morgan fingerprint density at radius 2 is 1.89 bits per heavy atom. The second-order valence-corrected chi connectivity index (χ2v) is 6.47. The van der Waals surface area contributed by atoms with Crippen LogP contribution >= 0.6 is 0 Å². The maximum Gasteiger partial charge on any atom is 0.305 e. The molecule has 0 aliphatic carbocycles. The first-order valence-electron chi connectivity index (χ1n) is 8.83. The smallest absolute Gasteiger partial charge is 0.305 e. The number of aliphatic carboxylic acids is 1. The Kier molecular flexibility index (Phi) is 5.89. The van der Waals surface area contributed by atoms with Crippen LogP contribution in [-0.2, 0) is 22.6 Å². The van der Waals surface area contributed by atoms with E-state index in [0.717, 1.165) is 11.1 Å². The lowest BCUT2D eigenvalue weighted by molar-refractivity contribution is -0.138. The molecular weight excluding hydrogens is 366 g/mol. The Labute approximate surface area is 162 Å². The lowest BCUT2D eigenvalue weighted by Gasteiger charge is -2.36. The van der Waals surface area contributed by atoms with Crippen LogP contribution in [0.3, 0.4) is 0 Å². The molecule has 1 aromatic carbocycles. The number of nitrogens with zero attached hydrogens (tertiary/aromatic N) is 1. The van der Waals surface area contributed by atoms with E-state index in [1.54, 1.807) is 25.3 Å². The maximum absolute atomic E-state index is 13.0. The molecule has 8 nitrogen and oxygen atoms in total. The Morgan fingerprint density at radius 3 is 2.54 bits per heavy atom. The van der Waals surface area contributed by atoms with Crippen LogP contribution in [0.4, 0.5) is 0 Å². The monoisotopic (exact) mass is 389 g/mol. The highest BCUT2D eigenvalue weighted by Gasteiger charge is 2.35. The maximum atomic E-state index is 13.0. The van der Waals surface area contributed by atoms with Gasteiger partial charge in [-0.3, -0.25) is 9.59 Å². The van der Waals surface area contributed by atoms with Gasteiger partial charge in [-0.15, -0.1) is 0 Å². The Balaban J connectivity index is 1.98. The van der Waals surface area contributed by atoms with E-state index in [1.165, 1.54) is 19.1 Å². The zero-order valence-electron chi connectivity index (χ0n) is 16.1. The molecule has 0 spiro atoms. The van der Waals surface area contributed by atoms with Gasteiger partial charge in [0.05, 0.1) is 26.7 Å². The molecule has 3 rings (SSSR count). The zero-order chi connectivity index (χ0) is 20.3. The standard InChI is InChI=1S/C20H23NO7/c1-25-11-13-4-5-16(28-13)20(24)21-7-6-12-8-17(26-2)18(27-3)9-14(12)15(21)10-19(22)23/h4-5,8-9,15H,6-7,10-11H2,1-3H3,(H,22,23)/t15-/m1/s1. The van der Waals surface area contributed by atoms with Gasteiger partial charge in [0, 0.05) is 13.7 Å². The number of carboxylic acids is 1. The lowest BCUT2D eigenvalue weighted by atomic mass is 9.89. The van der Waals surface area contributed by atoms with Crippen LogP contribution in [0.2, 0.25) is 0 Å². The Hall–Kier alpha value is -3.00. The van der Waals surface area contributed by atoms with Gasteiger partial charge >= 0.3 is 5.97 Å². The first kappa shape index (κ1) is 19.8. The third-order valence-corrected chi connectivity index (χ3v) is 4.79. The van der Waals surface area contributed by atoms with E-state index in [1.807, 2.05) is 6.07 Å². The van der Waals surface area contributed by atoms with Crippen molar-refractivity contribution in [2.24, 2.45) is 0 Å². The fourth-order valence-corrected chi connectivity index (χ4v) is 3.51. The number of carboxylic acid groups (broad SMARTS) is 1. The Bertz CT molecular complexity index is 873. The van der Waals surface area contributed by atoms with Gasteiger partial charge in [-0.05, 0) is 41.8 Å². The second kappa shape index (κ2) is 8.35. The van der Waals surface area contributed by atoms with Gasteiger partial charge in [-0.1, -0.05) is 0 Å². The summed E-state index contributed by atoms with van der Waals surface area (Å²) >= 11 is 0. The molecule has 0 saturated carbocycles. The van der Waals surface area contributed by atoms with E-state index in [-0.39, 0.29) is 24.7 Å². The molecule has 2 heterocycles. The van der Waals surface area contributed by atoms with Crippen LogP contribution in [-0.4, -0.2) is 49.8 Å². The van der Waals surface area contributed by atoms with Gasteiger partial charge in [0.2, 0.25) is 0 Å². The lowest BCUT2D eigenvalue weighted by Crippen LogP contribution is -2.41. The predicted molar refractivity (Wildman–Crippen MR) is 98.7 cm³/mol. The van der Waals surface area contributed by atoms with E-state index in [2.05, 4.69) is 0 Å². The largest absolute Gasteiger partial charge is 0.493 e. The number of benzene rings is 1. The van der Waals surface area contributed by atoms with Crippen LogP contribution in [0, 0.1) is 0 Å². The summed E-state index contributed by atoms with van der Waals surface area (Å²) in [6.45, 7) is 0.630. The number of carbonyl (C=O) groups excluding carboxylic acids is 1. The molecule has 0 bridgehead atoms. The normalized spacial score (nSPS) is 15.8. The molecule has 1 aromatic heterocycles. The molecule has 0 unspecified atom stereocenters. The molecule has 1 aliphatic heterocycles. The molecule has 0 saturated heterocycles. The molecule has 2 aromatic rings. The van der Waals surface area contributed by atoms with Gasteiger partial charge in [0.1, 0.15) is 12.4 Å². The van der Waals surface area contributed by atoms with Gasteiger partial charge in [-0.2, -0.15) is 0 Å². The van der Waals surface area contributed by atoms with Crippen molar-refractivity contribution in [2.45, 2.75) is 25.5 Å². The minimum absolute atomic E-state index is 0.159. The number of hydrogen-bond acceptors (Lipinski definition) is 6. The summed E-state index contributed by atoms with van der Waals surface area (Å²) in [5.74, 6) is 0.409. The summed E-state index contributed by atoms with van der Waals surface area (Å²) in [7, 11) is 4.60. The Morgan fingerprint density at radius 1 is 1.18 bits per heavy atom. The number of amides is 1. The van der Waals surface area contributed by atoms with Gasteiger partial charge < -0.3 is 28.6 Å². The van der Waals surface area contributed by atoms with Crippen molar-refractivity contribution >= 4 is 11.9 Å². The van der Waals surface area contributed by atoms with Crippen molar-refractivity contribution in [3.8, 4) is 11.5 Å². The molecule has 28 heavy (non-hydrogen) atoms. The van der Waals surface area contributed by atoms with Crippen LogP contribution < -0.4 is 9.47 Å². The highest BCUT2D eigenvalue weighted by Crippen LogP contribution is 2.40. The highest BCUT2D eigenvalue weighted by atomic mass is 16.5. The van der Waals surface area contributed by atoms with E-state index < -0.39 is 12.0 Å². The number of furan rings is 1. The van der Waals surface area contributed by atoms with Gasteiger partial charge in [0.15, 0.2) is 17.3 Å². The molecular formula is C20H23NO7. The molecule has 0 radical (unpaired) electrons. The van der Waals surface area contributed by atoms with Gasteiger partial charge in [-0.25, -0.2) is 0 Å². The first-order valence-corrected chi connectivity index (χ1v) is 8.83. The van der Waals surface area contributed by atoms with Crippen LogP contribution in [0.1, 0.15) is 39.9 Å². The average Bonchev–Trinajstić information content (AvgIpc) is 3.15. The van der Waals surface area contributed by atoms with Crippen molar-refractivity contribution < 1.29 is 33.3 Å². The quantitative estimate of drug-likeness (QED) is 0.777. The van der Waals surface area contributed by atoms with Crippen molar-refractivity contribution in [3.63, 3.8) is 0 Å². The third-order valence-electron chi connectivity index (χ3n) is 4.79. The average molecular weight is 389 g/mol. The van der Waals surface area contributed by atoms with Gasteiger partial charge in [0.25, 0.3) is 5.91 Å². The number of rotatable bonds is 7. The first-order chi connectivity index (χ1) is 13.5. The minimum Gasteiger partial charge on any atom is -0.493 e. The number of methoxy groups -OCH3 is 3.